The number of anilines is 1. The summed E-state index contributed by atoms with van der Waals surface area (Å²) >= 11 is 0. The van der Waals surface area contributed by atoms with Crippen LogP contribution >= 0.6 is 0 Å². The van der Waals surface area contributed by atoms with Gasteiger partial charge in [0.1, 0.15) is 5.52 Å². The summed E-state index contributed by atoms with van der Waals surface area (Å²) in [6.07, 6.45) is 6.57. The van der Waals surface area contributed by atoms with E-state index in [1.54, 1.807) is 12.4 Å². The third-order valence-electron chi connectivity index (χ3n) is 3.48. The van der Waals surface area contributed by atoms with Crippen LogP contribution in [-0.2, 0) is 0 Å². The van der Waals surface area contributed by atoms with Crippen LogP contribution < -0.4 is 10.6 Å². The monoisotopic (exact) mass is 260 g/mol. The number of fused-ring (bicyclic) bond motifs is 1. The van der Waals surface area contributed by atoms with Gasteiger partial charge in [0, 0.05) is 45.1 Å². The minimum Gasteiger partial charge on any atom is -0.368 e. The van der Waals surface area contributed by atoms with Gasteiger partial charge in [-0.1, -0.05) is 0 Å². The second-order valence-electron chi connectivity index (χ2n) is 4.81. The topological polar surface area (TPSA) is 57.5 Å². The van der Waals surface area contributed by atoms with Gasteiger partial charge in [0.2, 0.25) is 0 Å². The Kier molecular flexibility index (Phi) is 3.90. The van der Waals surface area contributed by atoms with Gasteiger partial charge in [-0.25, -0.2) is 9.50 Å². The van der Waals surface area contributed by atoms with Gasteiger partial charge in [0.15, 0.2) is 5.82 Å². The molecule has 3 rings (SSSR count). The lowest BCUT2D eigenvalue weighted by molar-refractivity contribution is 0.240. The fourth-order valence-electron chi connectivity index (χ4n) is 2.44. The summed E-state index contributed by atoms with van der Waals surface area (Å²) in [4.78, 5) is 6.87. The molecule has 0 atom stereocenters. The SMILES string of the molecule is c1cn2nccc2c(NCCCN2CCNCC2)n1. The zero-order valence-electron chi connectivity index (χ0n) is 11.0. The van der Waals surface area contributed by atoms with Gasteiger partial charge >= 0.3 is 0 Å². The fourth-order valence-corrected chi connectivity index (χ4v) is 2.44. The van der Waals surface area contributed by atoms with Gasteiger partial charge in [-0.3, -0.25) is 0 Å². The van der Waals surface area contributed by atoms with E-state index in [2.05, 4.69) is 25.6 Å². The maximum absolute atomic E-state index is 4.37. The number of piperazine rings is 1. The van der Waals surface area contributed by atoms with E-state index in [1.165, 1.54) is 0 Å². The Morgan fingerprint density at radius 1 is 1.26 bits per heavy atom. The van der Waals surface area contributed by atoms with Crippen molar-refractivity contribution in [2.75, 3.05) is 44.6 Å². The summed E-state index contributed by atoms with van der Waals surface area (Å²) in [5, 5.41) is 11.0. The first-order valence-corrected chi connectivity index (χ1v) is 6.89. The Morgan fingerprint density at radius 2 is 2.16 bits per heavy atom. The van der Waals surface area contributed by atoms with E-state index in [0.717, 1.165) is 57.0 Å². The quantitative estimate of drug-likeness (QED) is 0.764. The molecular formula is C13H20N6. The highest BCUT2D eigenvalue weighted by atomic mass is 15.2. The highest BCUT2D eigenvalue weighted by Crippen LogP contribution is 2.11. The molecule has 6 heteroatoms. The first-order chi connectivity index (χ1) is 9.43. The van der Waals surface area contributed by atoms with Crippen molar-refractivity contribution in [1.82, 2.24) is 24.8 Å². The molecule has 1 saturated heterocycles. The molecule has 1 aliphatic rings. The molecule has 0 amide bonds. The maximum atomic E-state index is 4.37. The molecule has 0 spiro atoms. The van der Waals surface area contributed by atoms with Gasteiger partial charge < -0.3 is 15.5 Å². The Labute approximate surface area is 112 Å². The normalized spacial score (nSPS) is 16.8. The number of nitrogens with one attached hydrogen (secondary N) is 2. The minimum atomic E-state index is 0.917. The molecule has 102 valence electrons. The van der Waals surface area contributed by atoms with Crippen LogP contribution in [0.15, 0.2) is 24.7 Å². The van der Waals surface area contributed by atoms with Crippen LogP contribution in [-0.4, -0.2) is 58.8 Å². The fraction of sp³-hybridized carbons (Fsp3) is 0.538. The van der Waals surface area contributed by atoms with Crippen molar-refractivity contribution in [3.05, 3.63) is 24.7 Å². The lowest BCUT2D eigenvalue weighted by Gasteiger charge is -2.27. The van der Waals surface area contributed by atoms with E-state index in [-0.39, 0.29) is 0 Å². The summed E-state index contributed by atoms with van der Waals surface area (Å²) in [5.41, 5.74) is 1.03. The number of aromatic nitrogens is 3. The molecule has 1 fully saturated rings. The van der Waals surface area contributed by atoms with Crippen LogP contribution in [0.4, 0.5) is 5.82 Å². The summed E-state index contributed by atoms with van der Waals surface area (Å²) in [5.74, 6) is 0.917. The summed E-state index contributed by atoms with van der Waals surface area (Å²) in [7, 11) is 0. The highest BCUT2D eigenvalue weighted by Gasteiger charge is 2.08. The van der Waals surface area contributed by atoms with Gasteiger partial charge in [-0.2, -0.15) is 5.10 Å². The van der Waals surface area contributed by atoms with Gasteiger partial charge in [0.25, 0.3) is 0 Å². The van der Waals surface area contributed by atoms with E-state index in [4.69, 9.17) is 0 Å². The van der Waals surface area contributed by atoms with Gasteiger partial charge in [-0.15, -0.1) is 0 Å². The Hall–Kier alpha value is -1.66. The van der Waals surface area contributed by atoms with E-state index in [9.17, 15) is 0 Å². The van der Waals surface area contributed by atoms with Crippen LogP contribution in [0.3, 0.4) is 0 Å². The number of rotatable bonds is 5. The molecule has 2 aromatic heterocycles. The predicted molar refractivity (Wildman–Crippen MR) is 75.4 cm³/mol. The summed E-state index contributed by atoms with van der Waals surface area (Å²) < 4.78 is 1.84. The highest BCUT2D eigenvalue weighted by molar-refractivity contribution is 5.66. The molecule has 0 aromatic carbocycles. The molecule has 0 bridgehead atoms. The average Bonchev–Trinajstić information content (AvgIpc) is 2.94. The maximum Gasteiger partial charge on any atom is 0.152 e. The number of hydrogen-bond donors (Lipinski definition) is 2. The Bertz CT molecular complexity index is 517. The smallest absolute Gasteiger partial charge is 0.152 e. The van der Waals surface area contributed by atoms with E-state index in [0.29, 0.717) is 0 Å². The molecule has 1 aliphatic heterocycles. The van der Waals surface area contributed by atoms with Crippen molar-refractivity contribution in [1.29, 1.82) is 0 Å². The minimum absolute atomic E-state index is 0.917. The number of nitrogens with zero attached hydrogens (tertiary/aromatic N) is 4. The Morgan fingerprint density at radius 3 is 3.05 bits per heavy atom. The third kappa shape index (κ3) is 3.02. The first kappa shape index (κ1) is 12.4. The van der Waals surface area contributed by atoms with Gasteiger partial charge in [0.05, 0.1) is 6.20 Å². The van der Waals surface area contributed by atoms with E-state index in [1.807, 2.05) is 16.8 Å². The van der Waals surface area contributed by atoms with Crippen LogP contribution in [0.5, 0.6) is 0 Å². The van der Waals surface area contributed by atoms with Crippen molar-refractivity contribution < 1.29 is 0 Å². The second-order valence-corrected chi connectivity index (χ2v) is 4.81. The molecule has 19 heavy (non-hydrogen) atoms. The number of hydrogen-bond acceptors (Lipinski definition) is 5. The largest absolute Gasteiger partial charge is 0.368 e. The van der Waals surface area contributed by atoms with Crippen molar-refractivity contribution in [2.45, 2.75) is 6.42 Å². The molecule has 0 radical (unpaired) electrons. The van der Waals surface area contributed by atoms with Crippen LogP contribution in [0.25, 0.3) is 5.52 Å². The van der Waals surface area contributed by atoms with Crippen molar-refractivity contribution in [2.24, 2.45) is 0 Å². The van der Waals surface area contributed by atoms with Crippen LogP contribution in [0, 0.1) is 0 Å². The Balaban J connectivity index is 1.48. The van der Waals surface area contributed by atoms with Crippen molar-refractivity contribution in [3.8, 4) is 0 Å². The van der Waals surface area contributed by atoms with Crippen molar-refractivity contribution >= 4 is 11.3 Å². The van der Waals surface area contributed by atoms with Crippen LogP contribution in [0.2, 0.25) is 0 Å². The van der Waals surface area contributed by atoms with Crippen molar-refractivity contribution in [3.63, 3.8) is 0 Å². The summed E-state index contributed by atoms with van der Waals surface area (Å²) in [6, 6.07) is 1.98. The summed E-state index contributed by atoms with van der Waals surface area (Å²) in [6.45, 7) is 6.65. The zero-order valence-corrected chi connectivity index (χ0v) is 11.0. The molecule has 2 aromatic rings. The molecule has 0 aliphatic carbocycles. The molecular weight excluding hydrogens is 240 g/mol. The lowest BCUT2D eigenvalue weighted by atomic mass is 10.3. The second kappa shape index (κ2) is 5.99. The lowest BCUT2D eigenvalue weighted by Crippen LogP contribution is -2.44. The van der Waals surface area contributed by atoms with E-state index >= 15 is 0 Å². The third-order valence-corrected chi connectivity index (χ3v) is 3.48. The van der Waals surface area contributed by atoms with Gasteiger partial charge in [-0.05, 0) is 19.0 Å². The zero-order chi connectivity index (χ0) is 12.9. The molecule has 0 unspecified atom stereocenters. The molecule has 3 heterocycles. The van der Waals surface area contributed by atoms with E-state index < -0.39 is 0 Å². The molecule has 0 saturated carbocycles. The average molecular weight is 260 g/mol. The standard InChI is InChI=1S/C13H20N6/c1(8-18-9-5-14-6-10-18)3-15-13-12-2-4-17-19(12)11-7-16-13/h2,4,7,11,14H,1,3,5-6,8-10H2,(H,15,16). The van der Waals surface area contributed by atoms with Crippen LogP contribution in [0.1, 0.15) is 6.42 Å². The first-order valence-electron chi connectivity index (χ1n) is 6.89. The molecule has 6 nitrogen and oxygen atoms in total. The molecule has 2 N–H and O–H groups in total. The predicted octanol–water partition coefficient (Wildman–Crippen LogP) is 0.436.